The molecule has 0 amide bonds. The van der Waals surface area contributed by atoms with Crippen LogP contribution in [0.5, 0.6) is 0 Å². The Bertz CT molecular complexity index is 553. The van der Waals surface area contributed by atoms with Gasteiger partial charge >= 0.3 is 5.97 Å². The SMILES string of the molecule is CCCCCCCCC=CCC(=O)C=CC=CC=CC(=O)CCCC(=O)OC. The maximum Gasteiger partial charge on any atom is 0.305 e. The fraction of sp³-hybridized carbons (Fsp3) is 0.542. The molecule has 0 aliphatic carbocycles. The highest BCUT2D eigenvalue weighted by molar-refractivity contribution is 5.91. The van der Waals surface area contributed by atoms with Gasteiger partial charge in [0, 0.05) is 19.3 Å². The number of unbranched alkanes of at least 4 members (excludes halogenated alkanes) is 6. The summed E-state index contributed by atoms with van der Waals surface area (Å²) in [5, 5.41) is 0. The maximum atomic E-state index is 11.7. The molecule has 0 saturated heterocycles. The van der Waals surface area contributed by atoms with Gasteiger partial charge < -0.3 is 4.74 Å². The third-order valence-corrected chi connectivity index (χ3v) is 4.14. The van der Waals surface area contributed by atoms with Gasteiger partial charge in [0.25, 0.3) is 0 Å². The summed E-state index contributed by atoms with van der Waals surface area (Å²) in [4.78, 5) is 34.2. The van der Waals surface area contributed by atoms with Gasteiger partial charge in [-0.1, -0.05) is 75.5 Å². The lowest BCUT2D eigenvalue weighted by Gasteiger charge is -1.97. The molecular formula is C24H36O4. The molecule has 0 saturated carbocycles. The predicted octanol–water partition coefficient (Wildman–Crippen LogP) is 5.83. The average Bonchev–Trinajstić information content (AvgIpc) is 2.69. The molecule has 4 nitrogen and oxygen atoms in total. The van der Waals surface area contributed by atoms with Crippen molar-refractivity contribution in [3.63, 3.8) is 0 Å². The van der Waals surface area contributed by atoms with E-state index in [9.17, 15) is 14.4 Å². The highest BCUT2D eigenvalue weighted by atomic mass is 16.5. The van der Waals surface area contributed by atoms with Crippen LogP contribution in [0.3, 0.4) is 0 Å². The lowest BCUT2D eigenvalue weighted by atomic mass is 10.1. The van der Waals surface area contributed by atoms with E-state index in [4.69, 9.17) is 0 Å². The molecule has 0 aromatic carbocycles. The number of methoxy groups -OCH3 is 1. The number of hydrogen-bond donors (Lipinski definition) is 0. The first-order chi connectivity index (χ1) is 13.6. The lowest BCUT2D eigenvalue weighted by Crippen LogP contribution is -2.01. The standard InChI is InChI=1S/C24H36O4/c1-3-4-5-6-7-8-9-10-13-17-22(25)18-14-11-12-15-19-23(26)20-16-21-24(27)28-2/h10-15,18-19H,3-9,16-17,20-21H2,1-2H3. The van der Waals surface area contributed by atoms with Crippen LogP contribution < -0.4 is 0 Å². The van der Waals surface area contributed by atoms with E-state index in [2.05, 4.69) is 17.7 Å². The van der Waals surface area contributed by atoms with E-state index in [0.29, 0.717) is 19.3 Å². The second-order valence-corrected chi connectivity index (χ2v) is 6.70. The number of ketones is 2. The second-order valence-electron chi connectivity index (χ2n) is 6.70. The first-order valence-electron chi connectivity index (χ1n) is 10.4. The first-order valence-corrected chi connectivity index (χ1v) is 10.4. The maximum absolute atomic E-state index is 11.7. The molecule has 0 N–H and O–H groups in total. The van der Waals surface area contributed by atoms with Gasteiger partial charge in [0.05, 0.1) is 7.11 Å². The molecule has 4 heteroatoms. The third-order valence-electron chi connectivity index (χ3n) is 4.14. The van der Waals surface area contributed by atoms with Gasteiger partial charge in [-0.15, -0.1) is 0 Å². The van der Waals surface area contributed by atoms with Crippen LogP contribution in [0.1, 0.15) is 77.6 Å². The molecule has 28 heavy (non-hydrogen) atoms. The zero-order valence-corrected chi connectivity index (χ0v) is 17.5. The van der Waals surface area contributed by atoms with Crippen LogP contribution in [0.2, 0.25) is 0 Å². The van der Waals surface area contributed by atoms with E-state index < -0.39 is 0 Å². The minimum atomic E-state index is -0.302. The van der Waals surface area contributed by atoms with Gasteiger partial charge in [0.15, 0.2) is 11.6 Å². The van der Waals surface area contributed by atoms with Crippen LogP contribution in [-0.2, 0) is 19.1 Å². The van der Waals surface area contributed by atoms with Gasteiger partial charge in [-0.05, 0) is 31.4 Å². The van der Waals surface area contributed by atoms with Crippen LogP contribution in [0.15, 0.2) is 48.6 Å². The summed E-state index contributed by atoms with van der Waals surface area (Å²) in [5.41, 5.74) is 0. The zero-order valence-electron chi connectivity index (χ0n) is 17.5. The Morgan fingerprint density at radius 1 is 0.714 bits per heavy atom. The van der Waals surface area contributed by atoms with Gasteiger partial charge in [-0.25, -0.2) is 0 Å². The van der Waals surface area contributed by atoms with Crippen molar-refractivity contribution in [2.75, 3.05) is 7.11 Å². The molecule has 0 bridgehead atoms. The van der Waals surface area contributed by atoms with Crippen LogP contribution in [0.4, 0.5) is 0 Å². The van der Waals surface area contributed by atoms with Gasteiger partial charge in [0.2, 0.25) is 0 Å². The quantitative estimate of drug-likeness (QED) is 0.103. The molecule has 156 valence electrons. The molecule has 0 radical (unpaired) electrons. The lowest BCUT2D eigenvalue weighted by molar-refractivity contribution is -0.140. The fourth-order valence-corrected chi connectivity index (χ4v) is 2.47. The van der Waals surface area contributed by atoms with Gasteiger partial charge in [-0.3, -0.25) is 14.4 Å². The topological polar surface area (TPSA) is 60.4 Å². The van der Waals surface area contributed by atoms with E-state index in [-0.39, 0.29) is 24.0 Å². The van der Waals surface area contributed by atoms with Crippen molar-refractivity contribution < 1.29 is 19.1 Å². The minimum Gasteiger partial charge on any atom is -0.469 e. The Balaban J connectivity index is 3.78. The normalized spacial score (nSPS) is 11.9. The Morgan fingerprint density at radius 3 is 2.04 bits per heavy atom. The molecule has 0 fully saturated rings. The number of carbonyl (C=O) groups is 3. The van der Waals surface area contributed by atoms with Crippen molar-refractivity contribution in [2.24, 2.45) is 0 Å². The highest BCUT2D eigenvalue weighted by Crippen LogP contribution is 2.07. The molecule has 0 aromatic rings. The van der Waals surface area contributed by atoms with Crippen LogP contribution in [-0.4, -0.2) is 24.6 Å². The van der Waals surface area contributed by atoms with Crippen molar-refractivity contribution in [1.29, 1.82) is 0 Å². The van der Waals surface area contributed by atoms with Crippen molar-refractivity contribution in [3.8, 4) is 0 Å². The Kier molecular flexibility index (Phi) is 18.0. The molecule has 0 aromatic heterocycles. The fourth-order valence-electron chi connectivity index (χ4n) is 2.47. The van der Waals surface area contributed by atoms with E-state index in [1.165, 1.54) is 57.8 Å². The molecule has 0 atom stereocenters. The van der Waals surface area contributed by atoms with E-state index in [1.54, 1.807) is 24.3 Å². The number of rotatable bonds is 17. The Hall–Kier alpha value is -2.23. The van der Waals surface area contributed by atoms with Crippen molar-refractivity contribution in [3.05, 3.63) is 48.6 Å². The van der Waals surface area contributed by atoms with Crippen LogP contribution >= 0.6 is 0 Å². The minimum absolute atomic E-state index is 0.0379. The van der Waals surface area contributed by atoms with Gasteiger partial charge in [0.1, 0.15) is 0 Å². The van der Waals surface area contributed by atoms with E-state index in [1.807, 2.05) is 6.08 Å². The first kappa shape index (κ1) is 25.8. The summed E-state index contributed by atoms with van der Waals surface area (Å²) in [5.74, 6) is -0.278. The Labute approximate surface area is 170 Å². The second kappa shape index (κ2) is 19.5. The number of carbonyl (C=O) groups excluding carboxylic acids is 3. The van der Waals surface area contributed by atoms with Crippen molar-refractivity contribution in [2.45, 2.75) is 77.6 Å². The molecule has 0 unspecified atom stereocenters. The van der Waals surface area contributed by atoms with Gasteiger partial charge in [-0.2, -0.15) is 0 Å². The number of hydrogen-bond acceptors (Lipinski definition) is 4. The van der Waals surface area contributed by atoms with E-state index in [0.717, 1.165) is 6.42 Å². The molecular weight excluding hydrogens is 352 g/mol. The molecule has 0 heterocycles. The van der Waals surface area contributed by atoms with E-state index >= 15 is 0 Å². The number of ether oxygens (including phenoxy) is 1. The van der Waals surface area contributed by atoms with Crippen LogP contribution in [0, 0.1) is 0 Å². The largest absolute Gasteiger partial charge is 0.469 e. The zero-order chi connectivity index (χ0) is 20.9. The monoisotopic (exact) mass is 388 g/mol. The summed E-state index contributed by atoms with van der Waals surface area (Å²) in [6, 6.07) is 0. The van der Waals surface area contributed by atoms with Crippen molar-refractivity contribution >= 4 is 17.5 Å². The molecule has 0 rings (SSSR count). The summed E-state index contributed by atoms with van der Waals surface area (Å²) < 4.78 is 4.52. The number of allylic oxidation sites excluding steroid dienone is 8. The smallest absolute Gasteiger partial charge is 0.305 e. The predicted molar refractivity (Wildman–Crippen MR) is 115 cm³/mol. The molecule has 0 aliphatic rings. The van der Waals surface area contributed by atoms with Crippen molar-refractivity contribution in [1.82, 2.24) is 0 Å². The molecule has 0 spiro atoms. The summed E-state index contributed by atoms with van der Waals surface area (Å²) in [7, 11) is 1.33. The summed E-state index contributed by atoms with van der Waals surface area (Å²) in [6.45, 7) is 2.22. The Morgan fingerprint density at radius 2 is 1.36 bits per heavy atom. The number of esters is 1. The highest BCUT2D eigenvalue weighted by Gasteiger charge is 2.01. The molecule has 0 aliphatic heterocycles. The third kappa shape index (κ3) is 18.6. The summed E-state index contributed by atoms with van der Waals surface area (Å²) >= 11 is 0. The average molecular weight is 389 g/mol. The summed E-state index contributed by atoms with van der Waals surface area (Å²) in [6.07, 6.45) is 24.0. The van der Waals surface area contributed by atoms with Crippen LogP contribution in [0.25, 0.3) is 0 Å².